The van der Waals surface area contributed by atoms with Gasteiger partial charge in [-0.15, -0.1) is 16.4 Å². The van der Waals surface area contributed by atoms with Gasteiger partial charge in [-0.25, -0.2) is 0 Å². The van der Waals surface area contributed by atoms with Gasteiger partial charge in [0.05, 0.1) is 0 Å². The summed E-state index contributed by atoms with van der Waals surface area (Å²) in [5, 5.41) is 10.6. The largest absolute Gasteiger partial charge is 0.349 e. The van der Waals surface area contributed by atoms with Crippen molar-refractivity contribution in [1.29, 1.82) is 0 Å². The summed E-state index contributed by atoms with van der Waals surface area (Å²) in [6.45, 7) is 8.29. The lowest BCUT2D eigenvalue weighted by Crippen LogP contribution is -2.50. The first-order chi connectivity index (χ1) is 14.3. The van der Waals surface area contributed by atoms with Gasteiger partial charge >= 0.3 is 0 Å². The first-order valence-corrected chi connectivity index (χ1v) is 11.5. The van der Waals surface area contributed by atoms with Crippen LogP contribution in [-0.2, 0) is 11.3 Å². The highest BCUT2D eigenvalue weighted by Gasteiger charge is 2.35. The summed E-state index contributed by atoms with van der Waals surface area (Å²) < 4.78 is 3.83. The molecule has 8 heteroatoms. The average Bonchev–Trinajstić information content (AvgIpc) is 3.42. The Balaban J connectivity index is 2.02. The fourth-order valence-electron chi connectivity index (χ4n) is 2.94. The Bertz CT molecular complexity index is 967. The highest BCUT2D eigenvalue weighted by molar-refractivity contribution is 7.10. The first-order valence-electron chi connectivity index (χ1n) is 9.79. The molecule has 2 heterocycles. The van der Waals surface area contributed by atoms with Crippen molar-refractivity contribution in [3.63, 3.8) is 0 Å². The van der Waals surface area contributed by atoms with Crippen LogP contribution in [0.2, 0.25) is 0 Å². The molecule has 1 N–H and O–H groups in total. The number of carbonyl (C=O) groups is 2. The summed E-state index contributed by atoms with van der Waals surface area (Å²) >= 11 is 2.58. The molecule has 0 bridgehead atoms. The van der Waals surface area contributed by atoms with Crippen LogP contribution in [0.1, 0.15) is 59.7 Å². The monoisotopic (exact) mass is 442 g/mol. The molecule has 0 saturated carbocycles. The summed E-state index contributed by atoms with van der Waals surface area (Å²) in [6, 6.07) is 11.0. The van der Waals surface area contributed by atoms with Crippen LogP contribution in [0.3, 0.4) is 0 Å². The number of aryl methyl sites for hydroxylation is 1. The third-order valence-corrected chi connectivity index (χ3v) is 6.46. The molecule has 0 saturated heterocycles. The van der Waals surface area contributed by atoms with E-state index in [-0.39, 0.29) is 23.0 Å². The molecule has 0 spiro atoms. The maximum atomic E-state index is 13.4. The molecule has 2 aromatic heterocycles. The molecular formula is C22H26N4O2S2. The van der Waals surface area contributed by atoms with E-state index in [2.05, 4.69) is 14.9 Å². The second-order valence-corrected chi connectivity index (χ2v) is 9.44. The number of benzene rings is 1. The van der Waals surface area contributed by atoms with Crippen LogP contribution in [0.15, 0.2) is 47.2 Å². The minimum Gasteiger partial charge on any atom is -0.349 e. The summed E-state index contributed by atoms with van der Waals surface area (Å²) in [5.74, 6) is -0.514. The zero-order valence-corrected chi connectivity index (χ0v) is 19.2. The van der Waals surface area contributed by atoms with E-state index in [0.29, 0.717) is 6.54 Å². The lowest BCUT2D eigenvalue weighted by Gasteiger charge is -2.33. The van der Waals surface area contributed by atoms with Gasteiger partial charge in [0, 0.05) is 22.3 Å². The Kier molecular flexibility index (Phi) is 6.99. The van der Waals surface area contributed by atoms with E-state index in [9.17, 15) is 9.59 Å². The Morgan fingerprint density at radius 3 is 2.50 bits per heavy atom. The number of rotatable bonds is 8. The van der Waals surface area contributed by atoms with Crippen LogP contribution >= 0.6 is 22.9 Å². The molecule has 1 unspecified atom stereocenters. The van der Waals surface area contributed by atoms with Gasteiger partial charge in [-0.05, 0) is 55.7 Å². The van der Waals surface area contributed by atoms with E-state index in [0.717, 1.165) is 34.0 Å². The lowest BCUT2D eigenvalue weighted by molar-refractivity contribution is -0.127. The molecule has 3 aromatic rings. The number of nitrogens with one attached hydrogen (secondary N) is 1. The highest BCUT2D eigenvalue weighted by Crippen LogP contribution is 2.29. The van der Waals surface area contributed by atoms with E-state index >= 15 is 0 Å². The van der Waals surface area contributed by atoms with E-state index in [4.69, 9.17) is 0 Å². The van der Waals surface area contributed by atoms with Crippen molar-refractivity contribution in [2.75, 3.05) is 0 Å². The Morgan fingerprint density at radius 1 is 1.20 bits per heavy atom. The standard InChI is InChI=1S/C22H26N4O2S2/c1-5-22(3,4)23-20(27)19(18-7-6-12-29-18)26(21(28)17-14-30-25-24-17)13-16-10-8-15(2)9-11-16/h6-12,14,19H,5,13H2,1-4H3,(H,23,27). The summed E-state index contributed by atoms with van der Waals surface area (Å²) in [5.41, 5.74) is 1.95. The average molecular weight is 443 g/mol. The lowest BCUT2D eigenvalue weighted by atomic mass is 10.0. The van der Waals surface area contributed by atoms with E-state index in [1.165, 1.54) is 11.3 Å². The van der Waals surface area contributed by atoms with Gasteiger partial charge in [0.2, 0.25) is 5.91 Å². The minimum atomic E-state index is -0.758. The molecule has 0 fully saturated rings. The van der Waals surface area contributed by atoms with E-state index in [1.807, 2.05) is 69.5 Å². The van der Waals surface area contributed by atoms with Crippen molar-refractivity contribution >= 4 is 34.7 Å². The van der Waals surface area contributed by atoms with Crippen molar-refractivity contribution in [1.82, 2.24) is 19.8 Å². The van der Waals surface area contributed by atoms with Crippen molar-refractivity contribution in [3.05, 3.63) is 68.9 Å². The minimum absolute atomic E-state index is 0.201. The molecule has 1 aromatic carbocycles. The van der Waals surface area contributed by atoms with Crippen LogP contribution in [-0.4, -0.2) is 31.8 Å². The molecule has 0 aliphatic rings. The zero-order valence-electron chi connectivity index (χ0n) is 17.6. The SMILES string of the molecule is CCC(C)(C)NC(=O)C(c1cccs1)N(Cc1ccc(C)cc1)C(=O)c1csnn1. The van der Waals surface area contributed by atoms with E-state index in [1.54, 1.807) is 10.3 Å². The van der Waals surface area contributed by atoms with Crippen LogP contribution in [0, 0.1) is 6.92 Å². The summed E-state index contributed by atoms with van der Waals surface area (Å²) in [4.78, 5) is 29.3. The first kappa shape index (κ1) is 22.1. The maximum Gasteiger partial charge on any atom is 0.276 e. The van der Waals surface area contributed by atoms with Crippen LogP contribution < -0.4 is 5.32 Å². The van der Waals surface area contributed by atoms with Gasteiger partial charge in [0.15, 0.2) is 5.69 Å². The normalized spacial score (nSPS) is 12.4. The van der Waals surface area contributed by atoms with Crippen molar-refractivity contribution in [2.24, 2.45) is 0 Å². The third-order valence-electron chi connectivity index (χ3n) is 5.03. The molecule has 6 nitrogen and oxygen atoms in total. The molecule has 30 heavy (non-hydrogen) atoms. The Labute approximate surface area is 185 Å². The van der Waals surface area contributed by atoms with Gasteiger partial charge in [0.25, 0.3) is 5.91 Å². The molecule has 0 aliphatic carbocycles. The molecule has 2 amide bonds. The number of thiophene rings is 1. The van der Waals surface area contributed by atoms with Crippen molar-refractivity contribution in [3.8, 4) is 0 Å². The molecule has 0 aliphatic heterocycles. The second kappa shape index (κ2) is 9.49. The molecule has 1 atom stereocenters. The van der Waals surface area contributed by atoms with Gasteiger partial charge in [-0.2, -0.15) is 0 Å². The number of aromatic nitrogens is 2. The van der Waals surface area contributed by atoms with Gasteiger partial charge < -0.3 is 10.2 Å². The molecular weight excluding hydrogens is 416 g/mol. The topological polar surface area (TPSA) is 75.2 Å². The fourth-order valence-corrected chi connectivity index (χ4v) is 4.20. The maximum absolute atomic E-state index is 13.4. The number of hydrogen-bond acceptors (Lipinski definition) is 6. The third kappa shape index (κ3) is 5.31. The number of nitrogens with zero attached hydrogens (tertiary/aromatic N) is 3. The number of amides is 2. The predicted molar refractivity (Wildman–Crippen MR) is 121 cm³/mol. The summed E-state index contributed by atoms with van der Waals surface area (Å²) in [6.07, 6.45) is 0.776. The predicted octanol–water partition coefficient (Wildman–Crippen LogP) is 4.60. The molecule has 3 rings (SSSR count). The van der Waals surface area contributed by atoms with Gasteiger partial charge in [-0.3, -0.25) is 9.59 Å². The Hall–Kier alpha value is -2.58. The van der Waals surface area contributed by atoms with E-state index < -0.39 is 6.04 Å². The molecule has 158 valence electrons. The number of hydrogen-bond donors (Lipinski definition) is 1. The smallest absolute Gasteiger partial charge is 0.276 e. The highest BCUT2D eigenvalue weighted by atomic mass is 32.1. The van der Waals surface area contributed by atoms with Crippen LogP contribution in [0.4, 0.5) is 0 Å². The van der Waals surface area contributed by atoms with Crippen LogP contribution in [0.5, 0.6) is 0 Å². The zero-order chi connectivity index (χ0) is 21.7. The fraction of sp³-hybridized carbons (Fsp3) is 0.364. The number of carbonyl (C=O) groups excluding carboxylic acids is 2. The molecule has 0 radical (unpaired) electrons. The second-order valence-electron chi connectivity index (χ2n) is 7.85. The summed E-state index contributed by atoms with van der Waals surface area (Å²) in [7, 11) is 0. The Morgan fingerprint density at radius 2 is 1.93 bits per heavy atom. The van der Waals surface area contributed by atoms with Crippen molar-refractivity contribution in [2.45, 2.75) is 52.2 Å². The van der Waals surface area contributed by atoms with Gasteiger partial charge in [-0.1, -0.05) is 47.3 Å². The van der Waals surface area contributed by atoms with Crippen molar-refractivity contribution < 1.29 is 9.59 Å². The van der Waals surface area contributed by atoms with Crippen LogP contribution in [0.25, 0.3) is 0 Å². The quantitative estimate of drug-likeness (QED) is 0.553. The van der Waals surface area contributed by atoms with Gasteiger partial charge in [0.1, 0.15) is 6.04 Å².